The Bertz CT molecular complexity index is 2850. The molecule has 238 valence electrons. The molecule has 4 heterocycles. The van der Waals surface area contributed by atoms with Crippen LogP contribution >= 0.6 is 0 Å². The summed E-state index contributed by atoms with van der Waals surface area (Å²) in [4.78, 5) is 9.65. The van der Waals surface area contributed by atoms with Crippen LogP contribution in [0.2, 0.25) is 0 Å². The Kier molecular flexibility index (Phi) is 7.30. The third kappa shape index (κ3) is 4.74. The van der Waals surface area contributed by atoms with Crippen molar-refractivity contribution in [3.63, 3.8) is 0 Å². The molecular formula is C44H26N4OPt. The molecule has 0 spiro atoms. The summed E-state index contributed by atoms with van der Waals surface area (Å²) in [6.07, 6.45) is 3.77. The van der Waals surface area contributed by atoms with E-state index in [1.165, 1.54) is 0 Å². The molecule has 0 unspecified atom stereocenters. The molecule has 0 N–H and O–H groups in total. The van der Waals surface area contributed by atoms with Crippen LogP contribution < -0.4 is 4.74 Å². The molecule has 50 heavy (non-hydrogen) atoms. The fourth-order valence-electron chi connectivity index (χ4n) is 7.15. The number of aromatic nitrogens is 4. The van der Waals surface area contributed by atoms with Crippen LogP contribution in [0.4, 0.5) is 0 Å². The zero-order chi connectivity index (χ0) is 32.3. The molecule has 6 aromatic carbocycles. The van der Waals surface area contributed by atoms with Gasteiger partial charge < -0.3 is 13.7 Å². The smallest absolute Gasteiger partial charge is 0.503 e. The van der Waals surface area contributed by atoms with E-state index >= 15 is 0 Å². The minimum atomic E-state index is 0. The molecule has 0 aliphatic carbocycles. The number of hydrogen-bond donors (Lipinski definition) is 0. The first-order chi connectivity index (χ1) is 24.3. The predicted octanol–water partition coefficient (Wildman–Crippen LogP) is 10.9. The van der Waals surface area contributed by atoms with Gasteiger partial charge in [-0.1, -0.05) is 119 Å². The Hall–Kier alpha value is -6.03. The van der Waals surface area contributed by atoms with Gasteiger partial charge in [-0.25, -0.2) is 4.98 Å². The van der Waals surface area contributed by atoms with Crippen LogP contribution in [-0.4, -0.2) is 18.9 Å². The van der Waals surface area contributed by atoms with E-state index in [0.717, 1.165) is 77.3 Å². The van der Waals surface area contributed by atoms with Gasteiger partial charge in [0.1, 0.15) is 5.82 Å². The maximum absolute atomic E-state index is 6.57. The Morgan fingerprint density at radius 2 is 1.24 bits per heavy atom. The minimum absolute atomic E-state index is 0. The van der Waals surface area contributed by atoms with Gasteiger partial charge in [0, 0.05) is 34.9 Å². The Morgan fingerprint density at radius 3 is 2.04 bits per heavy atom. The van der Waals surface area contributed by atoms with Gasteiger partial charge in [-0.05, 0) is 51.7 Å². The molecule has 5 nitrogen and oxygen atoms in total. The number of nitrogens with zero attached hydrogens (tertiary/aromatic N) is 4. The zero-order valence-corrected chi connectivity index (χ0v) is 28.8. The molecule has 0 saturated carbocycles. The maximum Gasteiger partial charge on any atom is 2.00 e. The van der Waals surface area contributed by atoms with Crippen LogP contribution in [0.15, 0.2) is 158 Å². The molecule has 0 aliphatic rings. The summed E-state index contributed by atoms with van der Waals surface area (Å²) in [5.74, 6) is 2.01. The molecule has 10 rings (SSSR count). The maximum atomic E-state index is 6.57. The first kappa shape index (κ1) is 30.1. The fourth-order valence-corrected chi connectivity index (χ4v) is 7.15. The summed E-state index contributed by atoms with van der Waals surface area (Å²) in [6, 6.07) is 57.1. The molecule has 0 aliphatic heterocycles. The van der Waals surface area contributed by atoms with Crippen LogP contribution in [0.5, 0.6) is 11.5 Å². The standard InChI is InChI=1S/C44H26N4O.Pt/c1-3-12-29(13-4-1)33-17-11-19-39-43(33)36-24-22-31(26-37(36)44-46-28-41(48(39)44)30-14-5-2-6-15-30)49-32-21-23-35-34-16-7-8-18-38(34)47(40(35)27-32)42-20-9-10-25-45-42;/h1-25,28H;/q-2;+2. The summed E-state index contributed by atoms with van der Waals surface area (Å²) in [5, 5.41) is 5.32. The predicted molar refractivity (Wildman–Crippen MR) is 197 cm³/mol. The van der Waals surface area contributed by atoms with E-state index in [2.05, 4.69) is 135 Å². The second-order valence-electron chi connectivity index (χ2n) is 12.1. The topological polar surface area (TPSA) is 44.3 Å². The molecular weight excluding hydrogens is 796 g/mol. The van der Waals surface area contributed by atoms with E-state index < -0.39 is 0 Å². The molecule has 10 aromatic rings. The van der Waals surface area contributed by atoms with E-state index in [9.17, 15) is 0 Å². The summed E-state index contributed by atoms with van der Waals surface area (Å²) in [6.45, 7) is 0. The molecule has 0 bridgehead atoms. The van der Waals surface area contributed by atoms with Gasteiger partial charge >= 0.3 is 21.1 Å². The molecule has 0 atom stereocenters. The van der Waals surface area contributed by atoms with Gasteiger partial charge in [0.25, 0.3) is 0 Å². The van der Waals surface area contributed by atoms with Crippen molar-refractivity contribution in [1.29, 1.82) is 0 Å². The molecule has 0 amide bonds. The summed E-state index contributed by atoms with van der Waals surface area (Å²) < 4.78 is 11.0. The van der Waals surface area contributed by atoms with Crippen LogP contribution in [0.25, 0.3) is 77.3 Å². The second-order valence-corrected chi connectivity index (χ2v) is 12.1. The molecule has 0 radical (unpaired) electrons. The van der Waals surface area contributed by atoms with Crippen LogP contribution in [0, 0.1) is 12.1 Å². The third-order valence-electron chi connectivity index (χ3n) is 9.27. The Balaban J connectivity index is 0.00000336. The van der Waals surface area contributed by atoms with E-state index in [1.807, 2.05) is 48.8 Å². The normalized spacial score (nSPS) is 11.4. The number of fused-ring (bicyclic) bond motifs is 9. The number of hydrogen-bond acceptors (Lipinski definition) is 3. The first-order valence-electron chi connectivity index (χ1n) is 16.3. The van der Waals surface area contributed by atoms with Crippen molar-refractivity contribution in [2.24, 2.45) is 0 Å². The second kappa shape index (κ2) is 12.1. The van der Waals surface area contributed by atoms with E-state index in [0.29, 0.717) is 11.5 Å². The van der Waals surface area contributed by atoms with Crippen molar-refractivity contribution in [1.82, 2.24) is 18.9 Å². The summed E-state index contributed by atoms with van der Waals surface area (Å²) >= 11 is 0. The number of pyridine rings is 2. The number of benzene rings is 6. The number of imidazole rings is 1. The van der Waals surface area contributed by atoms with Crippen LogP contribution in [-0.2, 0) is 21.1 Å². The van der Waals surface area contributed by atoms with Gasteiger partial charge in [-0.15, -0.1) is 29.7 Å². The molecule has 6 heteroatoms. The summed E-state index contributed by atoms with van der Waals surface area (Å²) in [5.41, 5.74) is 8.31. The van der Waals surface area contributed by atoms with Crippen molar-refractivity contribution in [2.75, 3.05) is 0 Å². The van der Waals surface area contributed by atoms with Gasteiger partial charge in [-0.2, -0.15) is 6.07 Å². The largest absolute Gasteiger partial charge is 2.00 e. The monoisotopic (exact) mass is 821 g/mol. The van der Waals surface area contributed by atoms with Gasteiger partial charge in [0.05, 0.1) is 11.3 Å². The molecule has 0 saturated heterocycles. The van der Waals surface area contributed by atoms with Crippen LogP contribution in [0.1, 0.15) is 0 Å². The minimum Gasteiger partial charge on any atom is -0.503 e. The van der Waals surface area contributed by atoms with Crippen molar-refractivity contribution < 1.29 is 25.8 Å². The van der Waals surface area contributed by atoms with E-state index in [1.54, 1.807) is 0 Å². The van der Waals surface area contributed by atoms with Gasteiger partial charge in [0.15, 0.2) is 0 Å². The SMILES string of the molecule is [Pt+2].[c-]1c(Oc2[c-]c3c(cc2)c2ccccc2n3-c2ccccn2)ccc2c1c1ncc(-c3ccccc3)n1c1cccc(-c3ccccc3)c21. The third-order valence-corrected chi connectivity index (χ3v) is 9.27. The van der Waals surface area contributed by atoms with Crippen molar-refractivity contribution in [2.45, 2.75) is 0 Å². The quantitative estimate of drug-likeness (QED) is 0.128. The van der Waals surface area contributed by atoms with Crippen molar-refractivity contribution in [3.8, 4) is 39.7 Å². The van der Waals surface area contributed by atoms with Crippen molar-refractivity contribution in [3.05, 3.63) is 170 Å². The first-order valence-corrected chi connectivity index (χ1v) is 16.3. The Labute approximate surface area is 302 Å². The van der Waals surface area contributed by atoms with Gasteiger partial charge in [-0.3, -0.25) is 4.98 Å². The zero-order valence-electron chi connectivity index (χ0n) is 26.5. The fraction of sp³-hybridized carbons (Fsp3) is 0. The number of ether oxygens (including phenoxy) is 1. The number of rotatable bonds is 5. The van der Waals surface area contributed by atoms with E-state index in [4.69, 9.17) is 9.72 Å². The van der Waals surface area contributed by atoms with Crippen LogP contribution in [0.3, 0.4) is 0 Å². The average molecular weight is 822 g/mol. The summed E-state index contributed by atoms with van der Waals surface area (Å²) in [7, 11) is 0. The van der Waals surface area contributed by atoms with Gasteiger partial charge in [0.2, 0.25) is 0 Å². The Morgan fingerprint density at radius 1 is 0.540 bits per heavy atom. The van der Waals surface area contributed by atoms with E-state index in [-0.39, 0.29) is 21.1 Å². The molecule has 0 fully saturated rings. The molecule has 4 aromatic heterocycles. The average Bonchev–Trinajstić information content (AvgIpc) is 3.76. The number of para-hydroxylation sites is 1. The van der Waals surface area contributed by atoms with Crippen molar-refractivity contribution >= 4 is 49.1 Å².